The monoisotopic (exact) mass is 420 g/mol. The second kappa shape index (κ2) is 8.12. The molecule has 5 heteroatoms. The summed E-state index contributed by atoms with van der Waals surface area (Å²) in [4.78, 5) is 7.97. The summed E-state index contributed by atoms with van der Waals surface area (Å²) in [6.07, 6.45) is 9.52. The highest BCUT2D eigenvalue weighted by atomic mass is 19.1. The lowest BCUT2D eigenvalue weighted by atomic mass is 10.0. The van der Waals surface area contributed by atoms with Crippen LogP contribution in [0.2, 0.25) is 0 Å². The molecule has 0 aliphatic carbocycles. The van der Waals surface area contributed by atoms with Crippen LogP contribution in [0, 0.1) is 5.82 Å². The number of nitrogens with one attached hydrogen (secondary N) is 2. The van der Waals surface area contributed by atoms with Crippen molar-refractivity contribution in [2.45, 2.75) is 6.92 Å². The molecule has 0 aliphatic rings. The fraction of sp³-hybridized carbons (Fsp3) is 0.0370. The van der Waals surface area contributed by atoms with Crippen molar-refractivity contribution in [1.29, 1.82) is 0 Å². The van der Waals surface area contributed by atoms with Crippen LogP contribution in [0.15, 0.2) is 91.7 Å². The predicted molar refractivity (Wildman–Crippen MR) is 130 cm³/mol. The molecule has 2 N–H and O–H groups in total. The van der Waals surface area contributed by atoms with E-state index in [1.165, 1.54) is 12.1 Å². The quantitative estimate of drug-likeness (QED) is 0.299. The molecule has 4 nitrogen and oxygen atoms in total. The van der Waals surface area contributed by atoms with Crippen LogP contribution in [0.5, 0.6) is 0 Å². The minimum atomic E-state index is -0.284. The van der Waals surface area contributed by atoms with E-state index in [0.717, 1.165) is 55.6 Å². The van der Waals surface area contributed by atoms with Gasteiger partial charge < -0.3 is 4.98 Å². The Labute approximate surface area is 184 Å². The Morgan fingerprint density at radius 1 is 1.00 bits per heavy atom. The summed E-state index contributed by atoms with van der Waals surface area (Å²) in [6, 6.07) is 16.7. The van der Waals surface area contributed by atoms with Gasteiger partial charge >= 0.3 is 0 Å². The zero-order chi connectivity index (χ0) is 22.1. The molecule has 0 saturated heterocycles. The van der Waals surface area contributed by atoms with Gasteiger partial charge in [-0.3, -0.25) is 10.1 Å². The highest BCUT2D eigenvalue weighted by molar-refractivity contribution is 6.00. The highest BCUT2D eigenvalue weighted by Crippen LogP contribution is 2.34. The molecule has 0 unspecified atom stereocenters. The van der Waals surface area contributed by atoms with Gasteiger partial charge in [-0.25, -0.2) is 4.39 Å². The summed E-state index contributed by atoms with van der Waals surface area (Å²) in [5.41, 5.74) is 7.24. The molecule has 0 radical (unpaired) electrons. The van der Waals surface area contributed by atoms with Crippen molar-refractivity contribution in [2.75, 3.05) is 0 Å². The van der Waals surface area contributed by atoms with Crippen LogP contribution in [0.3, 0.4) is 0 Å². The van der Waals surface area contributed by atoms with Crippen molar-refractivity contribution in [1.82, 2.24) is 20.2 Å². The van der Waals surface area contributed by atoms with E-state index in [0.29, 0.717) is 0 Å². The number of rotatable bonds is 5. The van der Waals surface area contributed by atoms with E-state index in [1.807, 2.05) is 43.3 Å². The number of benzene rings is 2. The number of hydrogen-bond donors (Lipinski definition) is 2. The standard InChI is InChI=1S/C27H21FN4/c1-3-5-7-17(4-2)18-10-11-24-21(15-18)27(32-31-24)25-16-22-23(30-25)12-13-29-26(22)19-8-6-9-20(28)14-19/h3-16,30H,1H2,2H3,(H,31,32)/b7-5-,17-4+. The molecular weight excluding hydrogens is 399 g/mol. The van der Waals surface area contributed by atoms with E-state index in [4.69, 9.17) is 0 Å². The molecule has 5 aromatic rings. The topological polar surface area (TPSA) is 57.4 Å². The predicted octanol–water partition coefficient (Wildman–Crippen LogP) is 7.06. The van der Waals surface area contributed by atoms with Gasteiger partial charge in [0, 0.05) is 28.0 Å². The molecular formula is C27H21FN4. The van der Waals surface area contributed by atoms with Gasteiger partial charge in [-0.05, 0) is 54.5 Å². The van der Waals surface area contributed by atoms with Crippen molar-refractivity contribution in [3.05, 3.63) is 103 Å². The van der Waals surface area contributed by atoms with Gasteiger partial charge in [-0.15, -0.1) is 0 Å². The van der Waals surface area contributed by atoms with Crippen LogP contribution in [0.25, 0.3) is 50.0 Å². The van der Waals surface area contributed by atoms with E-state index < -0.39 is 0 Å². The van der Waals surface area contributed by atoms with Crippen LogP contribution in [0.4, 0.5) is 4.39 Å². The average Bonchev–Trinajstić information content (AvgIpc) is 3.43. The molecule has 3 aromatic heterocycles. The second-order valence-corrected chi connectivity index (χ2v) is 7.49. The maximum Gasteiger partial charge on any atom is 0.123 e. The van der Waals surface area contributed by atoms with E-state index in [1.54, 1.807) is 18.3 Å². The lowest BCUT2D eigenvalue weighted by Crippen LogP contribution is -1.85. The lowest BCUT2D eigenvalue weighted by Gasteiger charge is -2.03. The fourth-order valence-electron chi connectivity index (χ4n) is 3.98. The first-order valence-corrected chi connectivity index (χ1v) is 10.4. The van der Waals surface area contributed by atoms with Crippen LogP contribution in [-0.4, -0.2) is 20.2 Å². The third-order valence-electron chi connectivity index (χ3n) is 5.52. The number of fused-ring (bicyclic) bond motifs is 2. The third kappa shape index (κ3) is 3.44. The zero-order valence-electron chi connectivity index (χ0n) is 17.6. The van der Waals surface area contributed by atoms with Crippen molar-refractivity contribution in [3.8, 4) is 22.6 Å². The van der Waals surface area contributed by atoms with Gasteiger partial charge in [0.05, 0.1) is 16.9 Å². The third-order valence-corrected chi connectivity index (χ3v) is 5.52. The lowest BCUT2D eigenvalue weighted by molar-refractivity contribution is 0.628. The van der Waals surface area contributed by atoms with Crippen LogP contribution in [-0.2, 0) is 0 Å². The number of nitrogens with zero attached hydrogens (tertiary/aromatic N) is 2. The van der Waals surface area contributed by atoms with Crippen LogP contribution in [0.1, 0.15) is 12.5 Å². The minimum Gasteiger partial charge on any atom is -0.353 e. The molecule has 0 spiro atoms. The van der Waals surface area contributed by atoms with Crippen LogP contribution < -0.4 is 0 Å². The molecule has 0 bridgehead atoms. The average molecular weight is 420 g/mol. The molecule has 0 fully saturated rings. The normalized spacial score (nSPS) is 12.2. The number of aromatic amines is 2. The molecule has 0 aliphatic heterocycles. The SMILES string of the molecule is C=C/C=C\C(=C/C)c1ccc2[nH]nc(-c3cc4c(-c5cccc(F)c5)nccc4[nH]3)c2c1. The van der Waals surface area contributed by atoms with Crippen LogP contribution >= 0.6 is 0 Å². The van der Waals surface area contributed by atoms with Crippen molar-refractivity contribution >= 4 is 27.4 Å². The molecule has 0 atom stereocenters. The van der Waals surface area contributed by atoms with Gasteiger partial charge in [-0.1, -0.05) is 49.1 Å². The van der Waals surface area contributed by atoms with E-state index >= 15 is 0 Å². The first kappa shape index (κ1) is 19.7. The van der Waals surface area contributed by atoms with Gasteiger partial charge in [0.15, 0.2) is 0 Å². The highest BCUT2D eigenvalue weighted by Gasteiger charge is 2.15. The number of halogens is 1. The van der Waals surface area contributed by atoms with E-state index in [-0.39, 0.29) is 5.82 Å². The Kier molecular flexibility index (Phi) is 5.00. The maximum absolute atomic E-state index is 13.8. The molecule has 2 aromatic carbocycles. The molecule has 3 heterocycles. The summed E-state index contributed by atoms with van der Waals surface area (Å²) >= 11 is 0. The van der Waals surface area contributed by atoms with Gasteiger partial charge in [0.25, 0.3) is 0 Å². The number of aromatic nitrogens is 4. The smallest absolute Gasteiger partial charge is 0.123 e. The Balaban J connectivity index is 1.65. The van der Waals surface area contributed by atoms with E-state index in [9.17, 15) is 4.39 Å². The molecule has 32 heavy (non-hydrogen) atoms. The van der Waals surface area contributed by atoms with Gasteiger partial charge in [0.1, 0.15) is 11.5 Å². The van der Waals surface area contributed by atoms with Gasteiger partial charge in [-0.2, -0.15) is 5.10 Å². The zero-order valence-corrected chi connectivity index (χ0v) is 17.6. The van der Waals surface area contributed by atoms with E-state index in [2.05, 4.69) is 45.0 Å². The number of hydrogen-bond acceptors (Lipinski definition) is 2. The Hall–Kier alpha value is -4.25. The number of H-pyrrole nitrogens is 2. The van der Waals surface area contributed by atoms with Crippen molar-refractivity contribution in [2.24, 2.45) is 0 Å². The fourth-order valence-corrected chi connectivity index (χ4v) is 3.98. The summed E-state index contributed by atoms with van der Waals surface area (Å²) in [6.45, 7) is 5.77. The summed E-state index contributed by atoms with van der Waals surface area (Å²) < 4.78 is 13.8. The Morgan fingerprint density at radius 3 is 2.69 bits per heavy atom. The summed E-state index contributed by atoms with van der Waals surface area (Å²) in [7, 11) is 0. The van der Waals surface area contributed by atoms with Gasteiger partial charge in [0.2, 0.25) is 0 Å². The summed E-state index contributed by atoms with van der Waals surface area (Å²) in [5.74, 6) is -0.284. The largest absolute Gasteiger partial charge is 0.353 e. The Morgan fingerprint density at radius 2 is 1.88 bits per heavy atom. The summed E-state index contributed by atoms with van der Waals surface area (Å²) in [5, 5.41) is 9.63. The first-order valence-electron chi connectivity index (χ1n) is 10.4. The second-order valence-electron chi connectivity index (χ2n) is 7.49. The molecule has 5 rings (SSSR count). The Bertz CT molecular complexity index is 1520. The van der Waals surface area contributed by atoms with Crippen molar-refractivity contribution < 1.29 is 4.39 Å². The maximum atomic E-state index is 13.8. The molecule has 0 amide bonds. The molecule has 156 valence electrons. The van der Waals surface area contributed by atoms with Crippen molar-refractivity contribution in [3.63, 3.8) is 0 Å². The first-order chi connectivity index (χ1) is 15.7. The molecule has 0 saturated carbocycles. The number of pyridine rings is 1. The minimum absolute atomic E-state index is 0.284. The number of allylic oxidation sites excluding steroid dienone is 5.